The summed E-state index contributed by atoms with van der Waals surface area (Å²) in [6, 6.07) is 18.1. The predicted molar refractivity (Wildman–Crippen MR) is 83.2 cm³/mol. The number of nitrogens with one attached hydrogen (secondary N) is 1. The molecule has 0 spiro atoms. The highest BCUT2D eigenvalue weighted by atomic mass is 16.5. The Balaban J connectivity index is 1.88. The minimum absolute atomic E-state index is 0.861. The van der Waals surface area contributed by atoms with Crippen molar-refractivity contribution in [1.29, 1.82) is 0 Å². The molecule has 0 aliphatic rings. The van der Waals surface area contributed by atoms with E-state index in [0.717, 1.165) is 31.1 Å². The molecule has 0 bridgehead atoms. The van der Waals surface area contributed by atoms with Gasteiger partial charge in [-0.15, -0.1) is 0 Å². The molecule has 3 heteroatoms. The van der Waals surface area contributed by atoms with Crippen LogP contribution in [0.5, 0.6) is 11.5 Å². The first kappa shape index (κ1) is 14.6. The Kier molecular flexibility index (Phi) is 5.59. The highest BCUT2D eigenvalue weighted by molar-refractivity contribution is 5.33. The Labute approximate surface area is 121 Å². The molecule has 1 N–H and O–H groups in total. The first-order valence-electron chi connectivity index (χ1n) is 6.91. The third-order valence-electron chi connectivity index (χ3n) is 2.94. The van der Waals surface area contributed by atoms with E-state index < -0.39 is 0 Å². The van der Waals surface area contributed by atoms with Crippen LogP contribution in [0.15, 0.2) is 54.6 Å². The summed E-state index contributed by atoms with van der Waals surface area (Å²) in [5.74, 6) is 1.74. The Morgan fingerprint density at radius 3 is 2.45 bits per heavy atom. The van der Waals surface area contributed by atoms with Crippen LogP contribution in [0.2, 0.25) is 0 Å². The van der Waals surface area contributed by atoms with Gasteiger partial charge in [0.2, 0.25) is 0 Å². The minimum atomic E-state index is 0.861. The molecule has 0 aliphatic heterocycles. The molecule has 0 heterocycles. The van der Waals surface area contributed by atoms with Gasteiger partial charge in [-0.25, -0.2) is 0 Å². The van der Waals surface area contributed by atoms with Gasteiger partial charge in [-0.2, -0.15) is 0 Å². The summed E-state index contributed by atoms with van der Waals surface area (Å²) in [7, 11) is 4.16. The Morgan fingerprint density at radius 2 is 1.70 bits per heavy atom. The van der Waals surface area contributed by atoms with Gasteiger partial charge in [0.1, 0.15) is 11.5 Å². The van der Waals surface area contributed by atoms with Crippen LogP contribution in [0.25, 0.3) is 0 Å². The van der Waals surface area contributed by atoms with Crippen LogP contribution in [0.4, 0.5) is 0 Å². The molecular weight excluding hydrogens is 248 g/mol. The summed E-state index contributed by atoms with van der Waals surface area (Å²) in [4.78, 5) is 2.17. The largest absolute Gasteiger partial charge is 0.457 e. The summed E-state index contributed by atoms with van der Waals surface area (Å²) in [6.45, 7) is 2.89. The Bertz CT molecular complexity index is 511. The second kappa shape index (κ2) is 7.68. The van der Waals surface area contributed by atoms with E-state index in [9.17, 15) is 0 Å². The maximum Gasteiger partial charge on any atom is 0.127 e. The molecule has 0 saturated carbocycles. The number of ether oxygens (including phenoxy) is 1. The molecule has 2 aromatic carbocycles. The van der Waals surface area contributed by atoms with E-state index in [0.29, 0.717) is 0 Å². The molecule has 0 saturated heterocycles. The van der Waals surface area contributed by atoms with Crippen molar-refractivity contribution in [2.24, 2.45) is 0 Å². The number of nitrogens with zero attached hydrogens (tertiary/aromatic N) is 1. The summed E-state index contributed by atoms with van der Waals surface area (Å²) in [5, 5.41) is 3.43. The van der Waals surface area contributed by atoms with Gasteiger partial charge in [0, 0.05) is 19.6 Å². The van der Waals surface area contributed by atoms with E-state index in [1.165, 1.54) is 5.56 Å². The highest BCUT2D eigenvalue weighted by Gasteiger charge is 1.99. The fraction of sp³-hybridized carbons (Fsp3) is 0.294. The lowest BCUT2D eigenvalue weighted by atomic mass is 10.2. The van der Waals surface area contributed by atoms with Gasteiger partial charge < -0.3 is 15.0 Å². The number of para-hydroxylation sites is 1. The Hall–Kier alpha value is -1.84. The van der Waals surface area contributed by atoms with Crippen LogP contribution in [0, 0.1) is 0 Å². The van der Waals surface area contributed by atoms with Crippen molar-refractivity contribution < 1.29 is 4.74 Å². The molecule has 106 valence electrons. The van der Waals surface area contributed by atoms with E-state index in [1.54, 1.807) is 0 Å². The molecule has 3 nitrogen and oxygen atoms in total. The molecule has 2 aromatic rings. The van der Waals surface area contributed by atoms with Crippen LogP contribution in [-0.4, -0.2) is 32.1 Å². The zero-order valence-electron chi connectivity index (χ0n) is 12.2. The topological polar surface area (TPSA) is 24.5 Å². The molecule has 0 aliphatic carbocycles. The summed E-state index contributed by atoms with van der Waals surface area (Å²) in [5.41, 5.74) is 1.23. The first-order chi connectivity index (χ1) is 9.74. The first-order valence-corrected chi connectivity index (χ1v) is 6.91. The van der Waals surface area contributed by atoms with Crippen molar-refractivity contribution in [3.8, 4) is 11.5 Å². The average molecular weight is 270 g/mol. The molecule has 0 radical (unpaired) electrons. The van der Waals surface area contributed by atoms with E-state index in [2.05, 4.69) is 36.4 Å². The quantitative estimate of drug-likeness (QED) is 0.782. The van der Waals surface area contributed by atoms with E-state index in [4.69, 9.17) is 4.74 Å². The number of likely N-dealkylation sites (N-methyl/N-ethyl adjacent to an activating group) is 1. The van der Waals surface area contributed by atoms with Gasteiger partial charge in [0.25, 0.3) is 0 Å². The van der Waals surface area contributed by atoms with Crippen LogP contribution >= 0.6 is 0 Å². The summed E-state index contributed by atoms with van der Waals surface area (Å²) in [6.07, 6.45) is 0. The summed E-state index contributed by atoms with van der Waals surface area (Å²) >= 11 is 0. The zero-order chi connectivity index (χ0) is 14.2. The molecule has 0 fully saturated rings. The SMILES string of the molecule is CN(C)CCNCc1cccc(Oc2ccccc2)c1. The van der Waals surface area contributed by atoms with Gasteiger partial charge in [-0.1, -0.05) is 30.3 Å². The van der Waals surface area contributed by atoms with E-state index >= 15 is 0 Å². The lowest BCUT2D eigenvalue weighted by Gasteiger charge is -2.11. The third-order valence-corrected chi connectivity index (χ3v) is 2.94. The molecule has 2 rings (SSSR count). The smallest absolute Gasteiger partial charge is 0.127 e. The van der Waals surface area contributed by atoms with Crippen molar-refractivity contribution in [1.82, 2.24) is 10.2 Å². The molecule has 0 unspecified atom stereocenters. The van der Waals surface area contributed by atoms with Gasteiger partial charge in [-0.3, -0.25) is 0 Å². The normalized spacial score (nSPS) is 10.8. The van der Waals surface area contributed by atoms with Crippen molar-refractivity contribution in [3.05, 3.63) is 60.2 Å². The lowest BCUT2D eigenvalue weighted by Crippen LogP contribution is -2.26. The van der Waals surface area contributed by atoms with E-state index in [-0.39, 0.29) is 0 Å². The van der Waals surface area contributed by atoms with Crippen molar-refractivity contribution in [2.75, 3.05) is 27.2 Å². The second-order valence-corrected chi connectivity index (χ2v) is 5.04. The van der Waals surface area contributed by atoms with E-state index in [1.807, 2.05) is 42.5 Å². The number of hydrogen-bond donors (Lipinski definition) is 1. The van der Waals surface area contributed by atoms with Crippen molar-refractivity contribution in [3.63, 3.8) is 0 Å². The Morgan fingerprint density at radius 1 is 0.950 bits per heavy atom. The molecular formula is C17H22N2O. The lowest BCUT2D eigenvalue weighted by molar-refractivity contribution is 0.400. The zero-order valence-corrected chi connectivity index (χ0v) is 12.2. The number of benzene rings is 2. The maximum atomic E-state index is 5.83. The maximum absolute atomic E-state index is 5.83. The van der Waals surface area contributed by atoms with Crippen molar-refractivity contribution >= 4 is 0 Å². The summed E-state index contributed by atoms with van der Waals surface area (Å²) < 4.78 is 5.83. The van der Waals surface area contributed by atoms with Crippen molar-refractivity contribution in [2.45, 2.75) is 6.54 Å². The molecule has 0 atom stereocenters. The van der Waals surface area contributed by atoms with Crippen LogP contribution < -0.4 is 10.1 Å². The minimum Gasteiger partial charge on any atom is -0.457 e. The number of rotatable bonds is 7. The number of hydrogen-bond acceptors (Lipinski definition) is 3. The third kappa shape index (κ3) is 5.03. The molecule has 0 aromatic heterocycles. The van der Waals surface area contributed by atoms with Crippen LogP contribution in [-0.2, 0) is 6.54 Å². The average Bonchev–Trinajstić information content (AvgIpc) is 2.45. The molecule has 20 heavy (non-hydrogen) atoms. The second-order valence-electron chi connectivity index (χ2n) is 5.04. The monoisotopic (exact) mass is 270 g/mol. The van der Waals surface area contributed by atoms with Gasteiger partial charge in [0.05, 0.1) is 0 Å². The van der Waals surface area contributed by atoms with Crippen LogP contribution in [0.3, 0.4) is 0 Å². The van der Waals surface area contributed by atoms with Gasteiger partial charge in [0.15, 0.2) is 0 Å². The fourth-order valence-electron chi connectivity index (χ4n) is 1.88. The fourth-order valence-corrected chi connectivity index (χ4v) is 1.88. The highest BCUT2D eigenvalue weighted by Crippen LogP contribution is 2.21. The van der Waals surface area contributed by atoms with Gasteiger partial charge in [-0.05, 0) is 43.9 Å². The van der Waals surface area contributed by atoms with Crippen LogP contribution in [0.1, 0.15) is 5.56 Å². The predicted octanol–water partition coefficient (Wildman–Crippen LogP) is 3.13. The standard InChI is InChI=1S/C17H22N2O/c1-19(2)12-11-18-14-15-7-6-10-17(13-15)20-16-8-4-3-5-9-16/h3-10,13,18H,11-12,14H2,1-2H3. The van der Waals surface area contributed by atoms with Gasteiger partial charge >= 0.3 is 0 Å². The molecule has 0 amide bonds.